The van der Waals surface area contributed by atoms with Gasteiger partial charge in [0.25, 0.3) is 5.91 Å². The number of piperidine rings is 1. The second kappa shape index (κ2) is 7.02. The number of nitrogens with zero attached hydrogens (tertiary/aromatic N) is 2. The maximum atomic E-state index is 13.1. The number of thiazole rings is 1. The number of hydrogen-bond acceptors (Lipinski definition) is 4. The molecule has 3 aromatic rings. The fraction of sp³-hybridized carbons (Fsp3) is 0.480. The summed E-state index contributed by atoms with van der Waals surface area (Å²) in [4.78, 5) is 37.1. The highest BCUT2D eigenvalue weighted by atomic mass is 32.1. The van der Waals surface area contributed by atoms with Gasteiger partial charge < -0.3 is 9.88 Å². The SMILES string of the molecule is Cc1c[nH]c2cc(C(=O)N3CCC4(CC3)CC(=O)c3nc(C(C)(C)C)sc3C4)ccc12. The molecule has 0 radical (unpaired) electrons. The van der Waals surface area contributed by atoms with Gasteiger partial charge in [0.15, 0.2) is 5.78 Å². The van der Waals surface area contributed by atoms with Crippen LogP contribution in [0.15, 0.2) is 24.4 Å². The third-order valence-corrected chi connectivity index (χ3v) is 8.40. The van der Waals surface area contributed by atoms with Gasteiger partial charge in [0, 0.05) is 52.5 Å². The van der Waals surface area contributed by atoms with Crippen LogP contribution in [0.1, 0.15) is 76.3 Å². The number of rotatable bonds is 1. The molecule has 0 atom stereocenters. The predicted molar refractivity (Wildman–Crippen MR) is 124 cm³/mol. The molecule has 0 bridgehead atoms. The molecule has 1 N–H and O–H groups in total. The van der Waals surface area contributed by atoms with Crippen LogP contribution in [-0.4, -0.2) is 39.6 Å². The Morgan fingerprint density at radius 3 is 2.65 bits per heavy atom. The summed E-state index contributed by atoms with van der Waals surface area (Å²) in [6, 6.07) is 5.91. The summed E-state index contributed by atoms with van der Waals surface area (Å²) < 4.78 is 0. The second-order valence-electron chi connectivity index (χ2n) is 10.3. The van der Waals surface area contributed by atoms with Gasteiger partial charge in [-0.15, -0.1) is 11.3 Å². The molecule has 1 fully saturated rings. The lowest BCUT2D eigenvalue weighted by molar-refractivity contribution is 0.0522. The molecule has 0 unspecified atom stereocenters. The van der Waals surface area contributed by atoms with Gasteiger partial charge in [0.05, 0.1) is 5.01 Å². The first kappa shape index (κ1) is 20.4. The van der Waals surface area contributed by atoms with Gasteiger partial charge in [-0.05, 0) is 49.3 Å². The van der Waals surface area contributed by atoms with Crippen molar-refractivity contribution in [2.75, 3.05) is 13.1 Å². The molecule has 1 amide bonds. The fourth-order valence-electron chi connectivity index (χ4n) is 4.96. The Bertz CT molecular complexity index is 1190. The Morgan fingerprint density at radius 1 is 1.19 bits per heavy atom. The number of likely N-dealkylation sites (tertiary alicyclic amines) is 1. The molecule has 0 saturated carbocycles. The molecule has 5 nitrogen and oxygen atoms in total. The number of aromatic amines is 1. The van der Waals surface area contributed by atoms with Gasteiger partial charge in [-0.2, -0.15) is 0 Å². The standard InChI is InChI=1S/C25H29N3O2S/c1-15-14-26-18-11-16(5-6-17(15)18)22(30)28-9-7-25(8-10-28)12-19(29)21-20(13-25)31-23(27-21)24(2,3)4/h5-6,11,14,26H,7-10,12-13H2,1-4H3. The number of amides is 1. The number of ketones is 1. The van der Waals surface area contributed by atoms with Gasteiger partial charge in [-0.1, -0.05) is 26.8 Å². The van der Waals surface area contributed by atoms with Gasteiger partial charge in [0.1, 0.15) is 5.69 Å². The summed E-state index contributed by atoms with van der Waals surface area (Å²) >= 11 is 1.70. The fourth-order valence-corrected chi connectivity index (χ4v) is 6.27. The first-order valence-corrected chi connectivity index (χ1v) is 11.9. The minimum absolute atomic E-state index is 0.0247. The number of nitrogens with one attached hydrogen (secondary N) is 1. The Balaban J connectivity index is 1.32. The van der Waals surface area contributed by atoms with Crippen LogP contribution >= 0.6 is 11.3 Å². The predicted octanol–water partition coefficient (Wildman–Crippen LogP) is 5.28. The van der Waals surface area contributed by atoms with Crippen molar-refractivity contribution in [3.8, 4) is 0 Å². The minimum Gasteiger partial charge on any atom is -0.361 e. The van der Waals surface area contributed by atoms with Crippen LogP contribution in [0.25, 0.3) is 10.9 Å². The zero-order chi connectivity index (χ0) is 22.0. The molecule has 1 spiro atoms. The van der Waals surface area contributed by atoms with E-state index in [1.165, 1.54) is 5.56 Å². The Kier molecular flexibility index (Phi) is 4.63. The summed E-state index contributed by atoms with van der Waals surface area (Å²) in [5.41, 5.74) is 3.56. The highest BCUT2D eigenvalue weighted by Gasteiger charge is 2.43. The number of benzene rings is 1. The second-order valence-corrected chi connectivity index (χ2v) is 11.4. The van der Waals surface area contributed by atoms with Gasteiger partial charge in [-0.25, -0.2) is 4.98 Å². The van der Waals surface area contributed by atoms with E-state index >= 15 is 0 Å². The number of hydrogen-bond donors (Lipinski definition) is 1. The van der Waals surface area contributed by atoms with E-state index in [2.05, 4.69) is 32.7 Å². The van der Waals surface area contributed by atoms with E-state index in [1.54, 1.807) is 11.3 Å². The van der Waals surface area contributed by atoms with Crippen LogP contribution in [0.2, 0.25) is 0 Å². The third kappa shape index (κ3) is 3.51. The van der Waals surface area contributed by atoms with Crippen molar-refractivity contribution in [1.29, 1.82) is 0 Å². The van der Waals surface area contributed by atoms with Crippen molar-refractivity contribution in [2.24, 2.45) is 5.41 Å². The summed E-state index contributed by atoms with van der Waals surface area (Å²) in [5.74, 6) is 0.264. The zero-order valence-electron chi connectivity index (χ0n) is 18.7. The van der Waals surface area contributed by atoms with E-state index in [1.807, 2.05) is 29.3 Å². The van der Waals surface area contributed by atoms with E-state index in [-0.39, 0.29) is 22.5 Å². The van der Waals surface area contributed by atoms with Gasteiger partial charge in [0.2, 0.25) is 0 Å². The van der Waals surface area contributed by atoms with E-state index in [9.17, 15) is 9.59 Å². The molecular weight excluding hydrogens is 406 g/mol. The van der Waals surface area contributed by atoms with E-state index in [0.717, 1.165) is 45.6 Å². The highest BCUT2D eigenvalue weighted by Crippen LogP contribution is 2.46. The van der Waals surface area contributed by atoms with Gasteiger partial charge >= 0.3 is 0 Å². The van der Waals surface area contributed by atoms with Crippen LogP contribution < -0.4 is 0 Å². The summed E-state index contributed by atoms with van der Waals surface area (Å²) in [6.45, 7) is 9.91. The van der Waals surface area contributed by atoms with Crippen LogP contribution in [-0.2, 0) is 11.8 Å². The Hall–Kier alpha value is -2.47. The molecule has 5 rings (SSSR count). The van der Waals surface area contributed by atoms with Crippen molar-refractivity contribution in [3.63, 3.8) is 0 Å². The molecule has 6 heteroatoms. The Labute approximate surface area is 186 Å². The quantitative estimate of drug-likeness (QED) is 0.565. The molecule has 1 saturated heterocycles. The van der Waals surface area contributed by atoms with Crippen LogP contribution in [0, 0.1) is 12.3 Å². The number of aromatic nitrogens is 2. The van der Waals surface area contributed by atoms with Crippen molar-refractivity contribution < 1.29 is 9.59 Å². The molecule has 2 aliphatic rings. The molecule has 162 valence electrons. The van der Waals surface area contributed by atoms with E-state index in [0.29, 0.717) is 25.2 Å². The van der Waals surface area contributed by atoms with E-state index < -0.39 is 0 Å². The van der Waals surface area contributed by atoms with E-state index in [4.69, 9.17) is 4.98 Å². The molecule has 2 aromatic heterocycles. The van der Waals surface area contributed by atoms with Crippen molar-refractivity contribution in [2.45, 2.75) is 58.8 Å². The molecule has 31 heavy (non-hydrogen) atoms. The average Bonchev–Trinajstić information content (AvgIpc) is 3.32. The minimum atomic E-state index is -0.0377. The first-order valence-electron chi connectivity index (χ1n) is 11.1. The topological polar surface area (TPSA) is 66.1 Å². The lowest BCUT2D eigenvalue weighted by Gasteiger charge is -2.43. The lowest BCUT2D eigenvalue weighted by Crippen LogP contribution is -2.46. The smallest absolute Gasteiger partial charge is 0.253 e. The number of fused-ring (bicyclic) bond motifs is 2. The number of H-pyrrole nitrogens is 1. The molecule has 1 aliphatic carbocycles. The summed E-state index contributed by atoms with van der Waals surface area (Å²) in [5, 5.41) is 2.20. The molecular formula is C25H29N3O2S. The highest BCUT2D eigenvalue weighted by molar-refractivity contribution is 7.12. The Morgan fingerprint density at radius 2 is 1.94 bits per heavy atom. The lowest BCUT2D eigenvalue weighted by atomic mass is 9.68. The molecule has 1 aliphatic heterocycles. The van der Waals surface area contributed by atoms with Crippen LogP contribution in [0.3, 0.4) is 0 Å². The molecule has 1 aromatic carbocycles. The summed E-state index contributed by atoms with van der Waals surface area (Å²) in [7, 11) is 0. The summed E-state index contributed by atoms with van der Waals surface area (Å²) in [6.07, 6.45) is 5.19. The number of carbonyl (C=O) groups is 2. The number of Topliss-reactive ketones (excluding diaryl/α,β-unsaturated/α-hetero) is 1. The van der Waals surface area contributed by atoms with Gasteiger partial charge in [-0.3, -0.25) is 9.59 Å². The van der Waals surface area contributed by atoms with Crippen molar-refractivity contribution >= 4 is 33.9 Å². The normalized spacial score (nSPS) is 18.6. The third-order valence-electron chi connectivity index (χ3n) is 6.92. The van der Waals surface area contributed by atoms with Crippen molar-refractivity contribution in [3.05, 3.63) is 51.1 Å². The maximum absolute atomic E-state index is 13.1. The first-order chi connectivity index (χ1) is 14.7. The largest absolute Gasteiger partial charge is 0.361 e. The number of carbonyl (C=O) groups excluding carboxylic acids is 2. The van der Waals surface area contributed by atoms with Crippen molar-refractivity contribution in [1.82, 2.24) is 14.9 Å². The average molecular weight is 436 g/mol. The van der Waals surface area contributed by atoms with Crippen LogP contribution in [0.4, 0.5) is 0 Å². The maximum Gasteiger partial charge on any atom is 0.253 e. The molecule has 3 heterocycles. The number of aryl methyl sites for hydroxylation is 1. The zero-order valence-corrected chi connectivity index (χ0v) is 19.5. The van der Waals surface area contributed by atoms with Crippen LogP contribution in [0.5, 0.6) is 0 Å². The monoisotopic (exact) mass is 435 g/mol.